The van der Waals surface area contributed by atoms with Gasteiger partial charge in [-0.25, -0.2) is 0 Å². The molecule has 0 heterocycles. The van der Waals surface area contributed by atoms with E-state index in [2.05, 4.69) is 129 Å². The van der Waals surface area contributed by atoms with Crippen molar-refractivity contribution in [3.05, 3.63) is 122 Å². The highest BCUT2D eigenvalue weighted by Gasteiger charge is 2.23. The van der Waals surface area contributed by atoms with Gasteiger partial charge in [-0.1, -0.05) is 315 Å². The van der Waals surface area contributed by atoms with Gasteiger partial charge in [-0.3, -0.25) is 9.36 Å². The van der Waals surface area contributed by atoms with Gasteiger partial charge in [0.15, 0.2) is 0 Å². The van der Waals surface area contributed by atoms with Crippen molar-refractivity contribution in [3.8, 4) is 0 Å². The maximum Gasteiger partial charge on any atom is 0.268 e. The number of hydrogen-bond donors (Lipinski definition) is 2. The summed E-state index contributed by atoms with van der Waals surface area (Å²) in [5, 5.41) is 13.9. The highest BCUT2D eigenvalue weighted by Crippen LogP contribution is 2.38. The smallest absolute Gasteiger partial charge is 0.268 e. The van der Waals surface area contributed by atoms with Gasteiger partial charge in [0, 0.05) is 6.42 Å². The van der Waals surface area contributed by atoms with Crippen LogP contribution in [0.5, 0.6) is 0 Å². The molecule has 0 bridgehead atoms. The van der Waals surface area contributed by atoms with Crippen molar-refractivity contribution in [2.45, 2.75) is 302 Å². The number of amides is 1. The van der Waals surface area contributed by atoms with Crippen molar-refractivity contribution < 1.29 is 32.9 Å². The first-order valence-corrected chi connectivity index (χ1v) is 35.9. The normalized spacial score (nSPS) is 14.4. The maximum absolute atomic E-state index is 13.0. The lowest BCUT2D eigenvalue weighted by Crippen LogP contribution is -2.45. The molecule has 0 radical (unpaired) electrons. The van der Waals surface area contributed by atoms with E-state index in [0.29, 0.717) is 17.4 Å². The van der Waals surface area contributed by atoms with Crippen molar-refractivity contribution in [1.29, 1.82) is 0 Å². The second-order valence-corrected chi connectivity index (χ2v) is 25.6. The first-order valence-electron chi connectivity index (χ1n) is 34.4. The van der Waals surface area contributed by atoms with E-state index in [4.69, 9.17) is 9.05 Å². The van der Waals surface area contributed by atoms with E-state index in [9.17, 15) is 19.4 Å². The Morgan fingerprint density at radius 2 is 0.735 bits per heavy atom. The number of rotatable bonds is 62. The molecular formula is C74H131N2O6P. The Kier molecular flexibility index (Phi) is 61.0. The lowest BCUT2D eigenvalue weighted by molar-refractivity contribution is -0.870. The fourth-order valence-corrected chi connectivity index (χ4v) is 10.3. The SMILES string of the molecule is CC/C=C\C/C=C\C/C=C\C/C=C\C/C=C\C/C=C\C/C=C\C/C=C\C/C=C\CCCCCCCCCCCCCCCC(=O)NC(COP(=O)([O-])OCC[N+](C)(C)C)C(O)/C=C/CCCCCCCCCCCCCCCCCCCC. The van der Waals surface area contributed by atoms with Gasteiger partial charge in [0.25, 0.3) is 7.82 Å². The third-order valence-electron chi connectivity index (χ3n) is 14.9. The summed E-state index contributed by atoms with van der Waals surface area (Å²) in [6.07, 6.45) is 94.5. The zero-order valence-corrected chi connectivity index (χ0v) is 55.5. The van der Waals surface area contributed by atoms with Crippen molar-refractivity contribution in [2.75, 3.05) is 40.9 Å². The molecule has 83 heavy (non-hydrogen) atoms. The van der Waals surface area contributed by atoms with Crippen LogP contribution in [0, 0.1) is 0 Å². The van der Waals surface area contributed by atoms with Crippen molar-refractivity contribution in [1.82, 2.24) is 5.32 Å². The van der Waals surface area contributed by atoms with E-state index in [-0.39, 0.29) is 19.1 Å². The summed E-state index contributed by atoms with van der Waals surface area (Å²) in [4.78, 5) is 25.6. The third-order valence-corrected chi connectivity index (χ3v) is 15.9. The molecule has 0 aromatic rings. The van der Waals surface area contributed by atoms with Crippen LogP contribution in [0.15, 0.2) is 122 Å². The van der Waals surface area contributed by atoms with Gasteiger partial charge in [-0.15, -0.1) is 0 Å². The number of aliphatic hydroxyl groups is 1. The van der Waals surface area contributed by atoms with Crippen LogP contribution in [0.3, 0.4) is 0 Å². The van der Waals surface area contributed by atoms with Gasteiger partial charge < -0.3 is 28.8 Å². The fraction of sp³-hybridized carbons (Fsp3) is 0.716. The highest BCUT2D eigenvalue weighted by atomic mass is 31.2. The van der Waals surface area contributed by atoms with E-state index >= 15 is 0 Å². The third kappa shape index (κ3) is 66.3. The van der Waals surface area contributed by atoms with Crippen LogP contribution in [0.25, 0.3) is 0 Å². The Morgan fingerprint density at radius 1 is 0.434 bits per heavy atom. The average Bonchev–Trinajstić information content (AvgIpc) is 3.49. The molecular weight excluding hydrogens is 1040 g/mol. The molecule has 1 amide bonds. The zero-order valence-electron chi connectivity index (χ0n) is 54.6. The van der Waals surface area contributed by atoms with Crippen LogP contribution in [0.4, 0.5) is 0 Å². The molecule has 0 rings (SSSR count). The summed E-state index contributed by atoms with van der Waals surface area (Å²) < 4.78 is 23.4. The van der Waals surface area contributed by atoms with Gasteiger partial charge in [-0.05, 0) is 89.9 Å². The minimum absolute atomic E-state index is 0.00487. The summed E-state index contributed by atoms with van der Waals surface area (Å²) in [6.45, 7) is 4.55. The van der Waals surface area contributed by atoms with Crippen LogP contribution in [-0.4, -0.2) is 68.5 Å². The van der Waals surface area contributed by atoms with Gasteiger partial charge >= 0.3 is 0 Å². The largest absolute Gasteiger partial charge is 0.756 e. The number of hydrogen-bond acceptors (Lipinski definition) is 6. The molecule has 3 atom stereocenters. The number of likely N-dealkylation sites (N-methyl/N-ethyl adjacent to an activating group) is 1. The Labute approximate surface area is 514 Å². The monoisotopic (exact) mass is 1170 g/mol. The molecule has 9 heteroatoms. The van der Waals surface area contributed by atoms with E-state index < -0.39 is 20.0 Å². The molecule has 0 aromatic carbocycles. The standard InChI is InChI=1S/C74H131N2O6P/c1-6-8-10-12-14-16-18-20-22-24-26-28-29-30-31-32-33-34-35-36-37-38-39-40-41-42-43-44-45-46-47-48-50-52-54-56-58-60-62-64-66-68-74(78)75-72(71-82-83(79,80)81-70-69-76(3,4)5)73(77)67-65-63-61-59-57-55-53-51-49-27-25-23-21-19-17-15-13-11-9-7-2/h8,10,14,16,20,22,26,28,30-31,33-34,36-37,39-40,42-43,65,67,72-73,77H,6-7,9,11-13,15,17-19,21,23-25,27,29,32,35,38,41,44-64,66,68-71H2,1-5H3,(H-,75,78,79,80)/b10-8-,16-14-,22-20-,28-26-,31-30-,34-33-,37-36-,40-39-,43-42-,67-65+. The topological polar surface area (TPSA) is 108 Å². The number of nitrogens with one attached hydrogen (secondary N) is 1. The minimum Gasteiger partial charge on any atom is -0.756 e. The van der Waals surface area contributed by atoms with Crippen LogP contribution in [-0.2, 0) is 18.4 Å². The quantitative estimate of drug-likeness (QED) is 0.0272. The molecule has 3 unspecified atom stereocenters. The Hall–Kier alpha value is -3.10. The Bertz CT molecular complexity index is 1770. The van der Waals surface area contributed by atoms with E-state index in [1.165, 1.54) is 173 Å². The number of carbonyl (C=O) groups excluding carboxylic acids is 1. The molecule has 0 fully saturated rings. The molecule has 0 aromatic heterocycles. The maximum atomic E-state index is 13.0. The van der Waals surface area contributed by atoms with E-state index in [0.717, 1.165) is 96.3 Å². The number of allylic oxidation sites excluding steroid dienone is 19. The minimum atomic E-state index is -4.61. The first kappa shape index (κ1) is 79.9. The van der Waals surface area contributed by atoms with Gasteiger partial charge in [-0.2, -0.15) is 0 Å². The molecule has 0 aliphatic rings. The van der Waals surface area contributed by atoms with Crippen molar-refractivity contribution >= 4 is 13.7 Å². The predicted molar refractivity (Wildman–Crippen MR) is 362 cm³/mol. The number of phosphoric ester groups is 1. The molecule has 0 saturated heterocycles. The number of phosphoric acid groups is 1. The molecule has 0 aliphatic carbocycles. The van der Waals surface area contributed by atoms with Gasteiger partial charge in [0.2, 0.25) is 5.91 Å². The summed E-state index contributed by atoms with van der Waals surface area (Å²) >= 11 is 0. The van der Waals surface area contributed by atoms with E-state index in [1.807, 2.05) is 27.2 Å². The van der Waals surface area contributed by atoms with Crippen LogP contribution >= 0.6 is 7.82 Å². The second-order valence-electron chi connectivity index (χ2n) is 24.2. The van der Waals surface area contributed by atoms with E-state index in [1.54, 1.807) is 6.08 Å². The predicted octanol–water partition coefficient (Wildman–Crippen LogP) is 21.4. The molecule has 478 valence electrons. The number of unbranched alkanes of at least 4 members (excludes halogenated alkanes) is 31. The molecule has 8 nitrogen and oxygen atoms in total. The van der Waals surface area contributed by atoms with Gasteiger partial charge in [0.05, 0.1) is 39.9 Å². The lowest BCUT2D eigenvalue weighted by atomic mass is 10.0. The van der Waals surface area contributed by atoms with Crippen molar-refractivity contribution in [3.63, 3.8) is 0 Å². The Morgan fingerprint density at radius 3 is 1.07 bits per heavy atom. The second kappa shape index (κ2) is 63.4. The average molecular weight is 1180 g/mol. The summed E-state index contributed by atoms with van der Waals surface area (Å²) in [5.74, 6) is -0.200. The van der Waals surface area contributed by atoms with Crippen LogP contribution in [0.1, 0.15) is 290 Å². The Balaban J connectivity index is 4.07. The number of aliphatic hydroxyl groups excluding tert-OH is 1. The summed E-state index contributed by atoms with van der Waals surface area (Å²) in [5.41, 5.74) is 0. The van der Waals surface area contributed by atoms with Crippen LogP contribution < -0.4 is 10.2 Å². The van der Waals surface area contributed by atoms with Gasteiger partial charge in [0.1, 0.15) is 13.2 Å². The number of quaternary nitrogens is 1. The fourth-order valence-electron chi connectivity index (χ4n) is 9.62. The molecule has 2 N–H and O–H groups in total. The molecule has 0 aliphatic heterocycles. The first-order chi connectivity index (χ1) is 40.5. The summed E-state index contributed by atoms with van der Waals surface area (Å²) in [7, 11) is 1.26. The lowest BCUT2D eigenvalue weighted by Gasteiger charge is -2.29. The number of carbonyl (C=O) groups is 1. The molecule has 0 spiro atoms. The summed E-state index contributed by atoms with van der Waals surface area (Å²) in [6, 6.07) is -0.895. The zero-order chi connectivity index (χ0) is 60.5. The number of nitrogens with zero attached hydrogens (tertiary/aromatic N) is 1. The highest BCUT2D eigenvalue weighted by molar-refractivity contribution is 7.45. The van der Waals surface area contributed by atoms with Crippen molar-refractivity contribution in [2.24, 2.45) is 0 Å². The molecule has 0 saturated carbocycles. The van der Waals surface area contributed by atoms with Crippen LogP contribution in [0.2, 0.25) is 0 Å².